The Morgan fingerprint density at radius 1 is 1.19 bits per heavy atom. The predicted molar refractivity (Wildman–Crippen MR) is 98.7 cm³/mol. The standard InChI is InChI=1S/C18H29N3O6/c1-17(2,3)25-11-12-9-20(16(24)27-18(4,5)6)10-14(26-12)21-8-7-13(22)19-15(21)23/h7-8,12,14H,9-11H2,1-6H3,(H,19,22,23)/t12-,14+/m0/s1. The number of aromatic amines is 1. The number of H-pyrrole nitrogens is 1. The van der Waals surface area contributed by atoms with Crippen molar-refractivity contribution in [2.75, 3.05) is 19.7 Å². The number of ether oxygens (including phenoxy) is 3. The summed E-state index contributed by atoms with van der Waals surface area (Å²) in [6, 6.07) is 1.23. The van der Waals surface area contributed by atoms with Crippen molar-refractivity contribution >= 4 is 6.09 Å². The van der Waals surface area contributed by atoms with Crippen LogP contribution in [0.3, 0.4) is 0 Å². The molecule has 0 spiro atoms. The number of nitrogens with one attached hydrogen (secondary N) is 1. The minimum atomic E-state index is -0.760. The second kappa shape index (κ2) is 7.85. The minimum absolute atomic E-state index is 0.118. The average molecular weight is 383 g/mol. The fourth-order valence-corrected chi connectivity index (χ4v) is 2.54. The van der Waals surface area contributed by atoms with Crippen molar-refractivity contribution in [2.24, 2.45) is 0 Å². The van der Waals surface area contributed by atoms with Crippen LogP contribution in [0.1, 0.15) is 47.8 Å². The van der Waals surface area contributed by atoms with E-state index in [4.69, 9.17) is 14.2 Å². The molecule has 1 N–H and O–H groups in total. The molecule has 1 aliphatic heterocycles. The molecule has 2 rings (SSSR count). The van der Waals surface area contributed by atoms with Crippen LogP contribution in [-0.4, -0.2) is 57.5 Å². The molecule has 1 aromatic heterocycles. The van der Waals surface area contributed by atoms with Crippen LogP contribution in [0.2, 0.25) is 0 Å². The van der Waals surface area contributed by atoms with Crippen molar-refractivity contribution in [3.63, 3.8) is 0 Å². The minimum Gasteiger partial charge on any atom is -0.444 e. The molecule has 0 bridgehead atoms. The SMILES string of the molecule is CC(C)(C)OC[C@@H]1CN(C(=O)OC(C)(C)C)C[C@H](n2ccc(=O)[nH]c2=O)O1. The molecule has 0 saturated carbocycles. The quantitative estimate of drug-likeness (QED) is 0.848. The lowest BCUT2D eigenvalue weighted by Gasteiger charge is -2.39. The summed E-state index contributed by atoms with van der Waals surface area (Å²) in [5.41, 5.74) is -2.11. The van der Waals surface area contributed by atoms with Crippen LogP contribution in [0.5, 0.6) is 0 Å². The molecule has 1 amide bonds. The van der Waals surface area contributed by atoms with E-state index in [-0.39, 0.29) is 25.3 Å². The van der Waals surface area contributed by atoms with Gasteiger partial charge in [-0.3, -0.25) is 14.3 Å². The Labute approximate surface area is 158 Å². The van der Waals surface area contributed by atoms with Crippen molar-refractivity contribution in [3.8, 4) is 0 Å². The van der Waals surface area contributed by atoms with Crippen LogP contribution >= 0.6 is 0 Å². The summed E-state index contributed by atoms with van der Waals surface area (Å²) in [5.74, 6) is 0. The number of rotatable bonds is 3. The van der Waals surface area contributed by atoms with Gasteiger partial charge in [0, 0.05) is 12.3 Å². The van der Waals surface area contributed by atoms with Gasteiger partial charge < -0.3 is 19.1 Å². The third-order valence-corrected chi connectivity index (χ3v) is 3.67. The summed E-state index contributed by atoms with van der Waals surface area (Å²) >= 11 is 0. The van der Waals surface area contributed by atoms with Crippen molar-refractivity contribution < 1.29 is 19.0 Å². The molecule has 1 fully saturated rings. The number of amides is 1. The van der Waals surface area contributed by atoms with E-state index in [1.54, 1.807) is 20.8 Å². The van der Waals surface area contributed by atoms with Gasteiger partial charge in [0.25, 0.3) is 5.56 Å². The normalized spacial score (nSPS) is 21.2. The summed E-state index contributed by atoms with van der Waals surface area (Å²) in [6.07, 6.45) is -0.348. The molecular weight excluding hydrogens is 354 g/mol. The Bertz CT molecular complexity index is 771. The molecule has 0 unspecified atom stereocenters. The first-order valence-corrected chi connectivity index (χ1v) is 8.93. The highest BCUT2D eigenvalue weighted by atomic mass is 16.6. The van der Waals surface area contributed by atoms with Gasteiger partial charge in [-0.15, -0.1) is 0 Å². The van der Waals surface area contributed by atoms with Crippen LogP contribution in [0.25, 0.3) is 0 Å². The Kier molecular flexibility index (Phi) is 6.16. The van der Waals surface area contributed by atoms with E-state index >= 15 is 0 Å². The van der Waals surface area contributed by atoms with Gasteiger partial charge in [0.2, 0.25) is 0 Å². The summed E-state index contributed by atoms with van der Waals surface area (Å²) in [7, 11) is 0. The van der Waals surface area contributed by atoms with Crippen molar-refractivity contribution in [1.82, 2.24) is 14.5 Å². The summed E-state index contributed by atoms with van der Waals surface area (Å²) in [5, 5.41) is 0. The van der Waals surface area contributed by atoms with E-state index in [2.05, 4.69) is 4.98 Å². The van der Waals surface area contributed by atoms with E-state index in [9.17, 15) is 14.4 Å². The van der Waals surface area contributed by atoms with Crippen LogP contribution in [-0.2, 0) is 14.2 Å². The number of nitrogens with zero attached hydrogens (tertiary/aromatic N) is 2. The highest BCUT2D eigenvalue weighted by molar-refractivity contribution is 5.68. The topological polar surface area (TPSA) is 103 Å². The third-order valence-electron chi connectivity index (χ3n) is 3.67. The van der Waals surface area contributed by atoms with E-state index in [1.807, 2.05) is 20.8 Å². The Hall–Kier alpha value is -2.13. The predicted octanol–water partition coefficient (Wildman–Crippen LogP) is 1.49. The molecule has 1 saturated heterocycles. The first kappa shape index (κ1) is 21.2. The van der Waals surface area contributed by atoms with Crippen LogP contribution < -0.4 is 11.2 Å². The summed E-state index contributed by atoms with van der Waals surface area (Å²) in [4.78, 5) is 39.7. The number of carbonyl (C=O) groups excluding carboxylic acids is 1. The van der Waals surface area contributed by atoms with Crippen LogP contribution in [0.15, 0.2) is 21.9 Å². The zero-order valence-electron chi connectivity index (χ0n) is 16.8. The summed E-state index contributed by atoms with van der Waals surface area (Å²) < 4.78 is 18.4. The van der Waals surface area contributed by atoms with Gasteiger partial charge in [-0.2, -0.15) is 0 Å². The lowest BCUT2D eigenvalue weighted by Crippen LogP contribution is -2.53. The smallest absolute Gasteiger partial charge is 0.410 e. The number of hydrogen-bond donors (Lipinski definition) is 1. The van der Waals surface area contributed by atoms with E-state index in [0.29, 0.717) is 0 Å². The van der Waals surface area contributed by atoms with Crippen molar-refractivity contribution in [2.45, 2.75) is 65.1 Å². The highest BCUT2D eigenvalue weighted by Gasteiger charge is 2.35. The number of hydrogen-bond acceptors (Lipinski definition) is 6. The largest absolute Gasteiger partial charge is 0.444 e. The number of aromatic nitrogens is 2. The third kappa shape index (κ3) is 6.51. The fraction of sp³-hybridized carbons (Fsp3) is 0.722. The number of morpholine rings is 1. The molecule has 2 heterocycles. The zero-order valence-corrected chi connectivity index (χ0v) is 16.8. The number of carbonyl (C=O) groups is 1. The highest BCUT2D eigenvalue weighted by Crippen LogP contribution is 2.22. The first-order chi connectivity index (χ1) is 12.3. The van der Waals surface area contributed by atoms with Crippen LogP contribution in [0, 0.1) is 0 Å². The Morgan fingerprint density at radius 3 is 2.41 bits per heavy atom. The maximum absolute atomic E-state index is 12.5. The van der Waals surface area contributed by atoms with Gasteiger partial charge in [-0.25, -0.2) is 9.59 Å². The molecule has 1 aromatic rings. The van der Waals surface area contributed by atoms with Crippen molar-refractivity contribution in [1.29, 1.82) is 0 Å². The molecule has 0 aromatic carbocycles. The van der Waals surface area contributed by atoms with Gasteiger partial charge in [0.05, 0.1) is 25.3 Å². The Balaban J connectivity index is 2.23. The van der Waals surface area contributed by atoms with Gasteiger partial charge in [0.1, 0.15) is 11.7 Å². The average Bonchev–Trinajstić information content (AvgIpc) is 2.50. The molecule has 0 aliphatic carbocycles. The van der Waals surface area contributed by atoms with E-state index in [0.717, 1.165) is 0 Å². The molecule has 1 aliphatic rings. The Morgan fingerprint density at radius 2 is 1.85 bits per heavy atom. The zero-order chi connectivity index (χ0) is 20.4. The van der Waals surface area contributed by atoms with Crippen LogP contribution in [0.4, 0.5) is 4.79 Å². The molecule has 2 atom stereocenters. The lowest BCUT2D eigenvalue weighted by atomic mass is 10.2. The van der Waals surface area contributed by atoms with Crippen molar-refractivity contribution in [3.05, 3.63) is 33.1 Å². The maximum Gasteiger partial charge on any atom is 0.410 e. The first-order valence-electron chi connectivity index (χ1n) is 8.93. The monoisotopic (exact) mass is 383 g/mol. The molecular formula is C18H29N3O6. The van der Waals surface area contributed by atoms with Gasteiger partial charge >= 0.3 is 11.8 Å². The molecule has 0 radical (unpaired) electrons. The van der Waals surface area contributed by atoms with Gasteiger partial charge in [-0.05, 0) is 41.5 Å². The molecule has 152 valence electrons. The lowest BCUT2D eigenvalue weighted by molar-refractivity contribution is -0.156. The fourth-order valence-electron chi connectivity index (χ4n) is 2.54. The van der Waals surface area contributed by atoms with E-state index in [1.165, 1.54) is 21.7 Å². The molecule has 9 heteroatoms. The van der Waals surface area contributed by atoms with Gasteiger partial charge in [0.15, 0.2) is 6.23 Å². The van der Waals surface area contributed by atoms with Gasteiger partial charge in [-0.1, -0.05) is 0 Å². The summed E-state index contributed by atoms with van der Waals surface area (Å²) in [6.45, 7) is 11.8. The second-order valence-corrected chi connectivity index (χ2v) is 8.54. The second-order valence-electron chi connectivity index (χ2n) is 8.54. The molecule has 9 nitrogen and oxygen atoms in total. The van der Waals surface area contributed by atoms with E-state index < -0.39 is 35.3 Å². The molecule has 27 heavy (non-hydrogen) atoms. The maximum atomic E-state index is 12.5.